The Balaban J connectivity index is 2.42. The van der Waals surface area contributed by atoms with E-state index in [0.29, 0.717) is 0 Å². The number of hydrogen-bond acceptors (Lipinski definition) is 2. The van der Waals surface area contributed by atoms with Gasteiger partial charge in [-0.25, -0.2) is 4.98 Å². The van der Waals surface area contributed by atoms with Crippen LogP contribution in [0.25, 0.3) is 5.65 Å². The van der Waals surface area contributed by atoms with Crippen LogP contribution in [0.2, 0.25) is 0 Å². The van der Waals surface area contributed by atoms with Gasteiger partial charge in [-0.1, -0.05) is 39.7 Å². The fraction of sp³-hybridized carbons (Fsp3) is 0.579. The lowest BCUT2D eigenvalue weighted by atomic mass is 10.2. The van der Waals surface area contributed by atoms with Gasteiger partial charge in [-0.2, -0.15) is 0 Å². The lowest BCUT2D eigenvalue weighted by Gasteiger charge is -2.22. The Morgan fingerprint density at radius 3 is 2.39 bits per heavy atom. The third-order valence-corrected chi connectivity index (χ3v) is 4.31. The van der Waals surface area contributed by atoms with E-state index in [1.807, 2.05) is 34.6 Å². The van der Waals surface area contributed by atoms with Crippen molar-refractivity contribution in [3.63, 3.8) is 0 Å². The molecule has 2 aromatic rings. The van der Waals surface area contributed by atoms with Crippen LogP contribution in [-0.2, 0) is 6.42 Å². The second-order valence-electron chi connectivity index (χ2n) is 6.14. The minimum absolute atomic E-state index is 0.127. The second kappa shape index (κ2) is 8.14. The van der Waals surface area contributed by atoms with E-state index in [9.17, 15) is 4.79 Å². The van der Waals surface area contributed by atoms with Crippen molar-refractivity contribution >= 4 is 11.6 Å². The fourth-order valence-electron chi connectivity index (χ4n) is 2.89. The molecule has 0 aliphatic rings. The molecule has 0 bridgehead atoms. The van der Waals surface area contributed by atoms with Crippen molar-refractivity contribution in [2.75, 3.05) is 13.1 Å². The molecule has 0 N–H and O–H groups in total. The lowest BCUT2D eigenvalue weighted by Crippen LogP contribution is -2.34. The Bertz CT molecular complexity index is 652. The van der Waals surface area contributed by atoms with Crippen molar-refractivity contribution in [3.8, 4) is 0 Å². The van der Waals surface area contributed by atoms with Gasteiger partial charge in [0.05, 0.1) is 5.69 Å². The zero-order valence-electron chi connectivity index (χ0n) is 14.9. The monoisotopic (exact) mass is 315 g/mol. The highest BCUT2D eigenvalue weighted by molar-refractivity contribution is 5.95. The number of fused-ring (bicyclic) bond motifs is 1. The van der Waals surface area contributed by atoms with Gasteiger partial charge in [-0.05, 0) is 37.8 Å². The number of hydrogen-bond donors (Lipinski definition) is 0. The van der Waals surface area contributed by atoms with E-state index in [0.717, 1.165) is 67.8 Å². The third kappa shape index (κ3) is 3.74. The molecule has 2 aromatic heterocycles. The summed E-state index contributed by atoms with van der Waals surface area (Å²) in [5, 5.41) is 0. The van der Waals surface area contributed by atoms with Crippen LogP contribution in [0, 0.1) is 6.92 Å². The maximum absolute atomic E-state index is 13.2. The summed E-state index contributed by atoms with van der Waals surface area (Å²) in [6, 6.07) is 4.03. The molecule has 0 spiro atoms. The summed E-state index contributed by atoms with van der Waals surface area (Å²) < 4.78 is 1.97. The highest BCUT2D eigenvalue weighted by Crippen LogP contribution is 2.19. The van der Waals surface area contributed by atoms with Crippen LogP contribution in [0.3, 0.4) is 0 Å². The van der Waals surface area contributed by atoms with Gasteiger partial charge in [-0.15, -0.1) is 0 Å². The van der Waals surface area contributed by atoms with Crippen molar-refractivity contribution in [1.82, 2.24) is 14.3 Å². The topological polar surface area (TPSA) is 37.6 Å². The van der Waals surface area contributed by atoms with E-state index in [1.54, 1.807) is 0 Å². The van der Waals surface area contributed by atoms with Gasteiger partial charge < -0.3 is 4.90 Å². The molecule has 4 nitrogen and oxygen atoms in total. The number of carbonyl (C=O) groups excluding carboxylic acids is 1. The Kier molecular flexibility index (Phi) is 6.20. The van der Waals surface area contributed by atoms with Gasteiger partial charge in [0.1, 0.15) is 11.3 Å². The smallest absolute Gasteiger partial charge is 0.272 e. The number of carbonyl (C=O) groups is 1. The number of imidazole rings is 1. The minimum Gasteiger partial charge on any atom is -0.337 e. The maximum atomic E-state index is 13.2. The summed E-state index contributed by atoms with van der Waals surface area (Å²) in [5.41, 5.74) is 3.66. The summed E-state index contributed by atoms with van der Waals surface area (Å²) >= 11 is 0. The number of nitrogens with zero attached hydrogens (tertiary/aromatic N) is 3. The fourth-order valence-corrected chi connectivity index (χ4v) is 2.89. The zero-order chi connectivity index (χ0) is 16.8. The van der Waals surface area contributed by atoms with Gasteiger partial charge in [0.15, 0.2) is 0 Å². The van der Waals surface area contributed by atoms with E-state index in [1.165, 1.54) is 0 Å². The molecule has 1 amide bonds. The molecular formula is C19H29N3O. The van der Waals surface area contributed by atoms with Crippen molar-refractivity contribution in [1.29, 1.82) is 0 Å². The molecule has 0 aromatic carbocycles. The second-order valence-corrected chi connectivity index (χ2v) is 6.14. The normalized spacial score (nSPS) is 11.1. The van der Waals surface area contributed by atoms with Gasteiger partial charge in [0.25, 0.3) is 5.91 Å². The van der Waals surface area contributed by atoms with Crippen molar-refractivity contribution in [2.24, 2.45) is 0 Å². The van der Waals surface area contributed by atoms with E-state index < -0.39 is 0 Å². The molecule has 0 unspecified atom stereocenters. The average Bonchev–Trinajstić information content (AvgIpc) is 2.94. The summed E-state index contributed by atoms with van der Waals surface area (Å²) in [4.78, 5) is 19.9. The predicted octanol–water partition coefficient (Wildman–Crippen LogP) is 4.25. The lowest BCUT2D eigenvalue weighted by molar-refractivity contribution is 0.0743. The predicted molar refractivity (Wildman–Crippen MR) is 95.0 cm³/mol. The number of rotatable bonds is 8. The quantitative estimate of drug-likeness (QED) is 0.730. The summed E-state index contributed by atoms with van der Waals surface area (Å²) in [5.74, 6) is 0.127. The molecule has 0 atom stereocenters. The molecular weight excluding hydrogens is 286 g/mol. The summed E-state index contributed by atoms with van der Waals surface area (Å²) in [7, 11) is 0. The van der Waals surface area contributed by atoms with E-state index in [4.69, 9.17) is 4.98 Å². The van der Waals surface area contributed by atoms with Crippen molar-refractivity contribution in [3.05, 3.63) is 35.3 Å². The molecule has 23 heavy (non-hydrogen) atoms. The van der Waals surface area contributed by atoms with Crippen LogP contribution in [0.15, 0.2) is 18.3 Å². The number of unbranched alkanes of at least 4 members (excludes halogenated alkanes) is 2. The van der Waals surface area contributed by atoms with Crippen LogP contribution in [0.5, 0.6) is 0 Å². The van der Waals surface area contributed by atoms with Gasteiger partial charge in [-0.3, -0.25) is 9.20 Å². The minimum atomic E-state index is 0.127. The number of aryl methyl sites for hydroxylation is 2. The maximum Gasteiger partial charge on any atom is 0.272 e. The average molecular weight is 315 g/mol. The molecule has 0 aliphatic carbocycles. The first-order chi connectivity index (χ1) is 11.1. The molecule has 0 saturated carbocycles. The Labute approximate surface area is 139 Å². The molecule has 0 aliphatic heterocycles. The first kappa shape index (κ1) is 17.5. The van der Waals surface area contributed by atoms with E-state index in [2.05, 4.69) is 20.8 Å². The Morgan fingerprint density at radius 2 is 1.83 bits per heavy atom. The standard InChI is InChI=1S/C19H29N3O/c1-5-8-12-21(13-9-6-2)19(23)17-16(7-3)20-18-15(4)11-10-14-22(17)18/h10-11,14H,5-9,12-13H2,1-4H3. The van der Waals surface area contributed by atoms with Crippen LogP contribution >= 0.6 is 0 Å². The van der Waals surface area contributed by atoms with Gasteiger partial charge in [0, 0.05) is 19.3 Å². The van der Waals surface area contributed by atoms with Crippen molar-refractivity contribution in [2.45, 2.75) is 59.8 Å². The zero-order valence-corrected chi connectivity index (χ0v) is 14.9. The van der Waals surface area contributed by atoms with Gasteiger partial charge in [0.2, 0.25) is 0 Å². The SMILES string of the molecule is CCCCN(CCCC)C(=O)c1c(CC)nc2c(C)cccn12. The van der Waals surface area contributed by atoms with Crippen LogP contribution in [-0.4, -0.2) is 33.3 Å². The summed E-state index contributed by atoms with van der Waals surface area (Å²) in [6.45, 7) is 10.1. The largest absolute Gasteiger partial charge is 0.337 e. The van der Waals surface area contributed by atoms with Crippen LogP contribution in [0.4, 0.5) is 0 Å². The Morgan fingerprint density at radius 1 is 1.17 bits per heavy atom. The highest BCUT2D eigenvalue weighted by atomic mass is 16.2. The van der Waals surface area contributed by atoms with Crippen molar-refractivity contribution < 1.29 is 4.79 Å². The highest BCUT2D eigenvalue weighted by Gasteiger charge is 2.23. The van der Waals surface area contributed by atoms with Gasteiger partial charge >= 0.3 is 0 Å². The number of aromatic nitrogens is 2. The number of pyridine rings is 1. The first-order valence-corrected chi connectivity index (χ1v) is 8.89. The molecule has 0 radical (unpaired) electrons. The first-order valence-electron chi connectivity index (χ1n) is 8.89. The Hall–Kier alpha value is -1.84. The van der Waals surface area contributed by atoms with Crippen LogP contribution < -0.4 is 0 Å². The van der Waals surface area contributed by atoms with E-state index >= 15 is 0 Å². The molecule has 126 valence electrons. The molecule has 0 saturated heterocycles. The molecule has 2 heterocycles. The third-order valence-electron chi connectivity index (χ3n) is 4.31. The van der Waals surface area contributed by atoms with Crippen LogP contribution in [0.1, 0.15) is 68.2 Å². The summed E-state index contributed by atoms with van der Waals surface area (Å²) in [6.07, 6.45) is 7.03. The van der Waals surface area contributed by atoms with E-state index in [-0.39, 0.29) is 5.91 Å². The molecule has 4 heteroatoms. The number of amides is 1. The molecule has 2 rings (SSSR count). The molecule has 0 fully saturated rings.